The maximum Gasteiger partial charge on any atom is 0.413 e. The second kappa shape index (κ2) is 5.48. The van der Waals surface area contributed by atoms with Crippen LogP contribution in [0.15, 0.2) is 6.20 Å². The highest BCUT2D eigenvalue weighted by molar-refractivity contribution is 6.34. The van der Waals surface area contributed by atoms with E-state index in [4.69, 9.17) is 22.1 Å². The summed E-state index contributed by atoms with van der Waals surface area (Å²) in [5, 5.41) is 3.55. The van der Waals surface area contributed by atoms with Gasteiger partial charge in [0.05, 0.1) is 24.4 Å². The third-order valence-corrected chi connectivity index (χ3v) is 2.85. The Hall–Kier alpha value is -1.12. The van der Waals surface area contributed by atoms with Crippen molar-refractivity contribution in [1.82, 2.24) is 9.78 Å². The van der Waals surface area contributed by atoms with E-state index < -0.39 is 17.5 Å². The minimum atomic E-state index is -4.89. The number of hydrogen-bond donors (Lipinski definition) is 1. The number of halogens is 4. The summed E-state index contributed by atoms with van der Waals surface area (Å²) in [6.45, 7) is 0.864. The summed E-state index contributed by atoms with van der Waals surface area (Å²) >= 11 is 5.71. The maximum absolute atomic E-state index is 12.7. The van der Waals surface area contributed by atoms with E-state index in [1.807, 2.05) is 0 Å². The van der Waals surface area contributed by atoms with E-state index in [1.54, 1.807) is 0 Å². The lowest BCUT2D eigenvalue weighted by Crippen LogP contribution is -2.57. The normalized spacial score (nSPS) is 15.3. The van der Waals surface area contributed by atoms with Gasteiger partial charge >= 0.3 is 6.18 Å². The van der Waals surface area contributed by atoms with Gasteiger partial charge in [-0.1, -0.05) is 11.6 Å². The number of rotatable bonds is 5. The summed E-state index contributed by atoms with van der Waals surface area (Å²) in [5.41, 5.74) is 1.69. The van der Waals surface area contributed by atoms with Crippen molar-refractivity contribution in [2.75, 3.05) is 13.7 Å². The number of hydrogen-bond acceptors (Lipinski definition) is 4. The number of nitrogens with two attached hydrogens (primary N) is 1. The first-order chi connectivity index (χ1) is 8.63. The van der Waals surface area contributed by atoms with E-state index in [2.05, 4.69) is 5.10 Å². The molecule has 108 valence electrons. The van der Waals surface area contributed by atoms with E-state index in [0.29, 0.717) is 6.92 Å². The van der Waals surface area contributed by atoms with Crippen molar-refractivity contribution in [1.29, 1.82) is 0 Å². The summed E-state index contributed by atoms with van der Waals surface area (Å²) in [5.74, 6) is -1.33. The molecule has 0 spiro atoms. The Kier molecular flexibility index (Phi) is 4.59. The second-order valence-corrected chi connectivity index (χ2v) is 4.49. The van der Waals surface area contributed by atoms with Crippen LogP contribution in [0.4, 0.5) is 13.2 Å². The number of Topliss-reactive ketones (excluding diaryl/α,β-unsaturated/α-hetero) is 1. The molecule has 0 radical (unpaired) electrons. The van der Waals surface area contributed by atoms with E-state index in [9.17, 15) is 18.0 Å². The minimum Gasteiger partial charge on any atom is -0.383 e. The van der Waals surface area contributed by atoms with E-state index in [-0.39, 0.29) is 23.9 Å². The standard InChI is InChI=1S/C10H13ClF3N3O2/c1-9(15,10(12,13)14)8(18)7-6(11)5-16-17(7)3-4-19-2/h5H,3-4,15H2,1-2H3. The Morgan fingerprint density at radius 3 is 2.63 bits per heavy atom. The molecule has 2 N–H and O–H groups in total. The molecule has 0 saturated heterocycles. The summed E-state index contributed by atoms with van der Waals surface area (Å²) in [6, 6.07) is 0. The summed E-state index contributed by atoms with van der Waals surface area (Å²) in [6.07, 6.45) is -3.79. The van der Waals surface area contributed by atoms with Gasteiger partial charge in [-0.15, -0.1) is 0 Å². The van der Waals surface area contributed by atoms with Crippen LogP contribution >= 0.6 is 11.6 Å². The first kappa shape index (κ1) is 15.9. The van der Waals surface area contributed by atoms with Gasteiger partial charge in [0.25, 0.3) is 0 Å². The molecule has 1 aromatic rings. The van der Waals surface area contributed by atoms with Gasteiger partial charge in [0.15, 0.2) is 5.54 Å². The van der Waals surface area contributed by atoms with Crippen molar-refractivity contribution in [2.24, 2.45) is 5.73 Å². The van der Waals surface area contributed by atoms with Gasteiger partial charge in [0.2, 0.25) is 5.78 Å². The monoisotopic (exact) mass is 299 g/mol. The van der Waals surface area contributed by atoms with E-state index in [0.717, 1.165) is 10.9 Å². The van der Waals surface area contributed by atoms with Gasteiger partial charge in [-0.05, 0) is 6.92 Å². The predicted octanol–water partition coefficient (Wildman–Crippen LogP) is 1.65. The van der Waals surface area contributed by atoms with Crippen molar-refractivity contribution in [3.05, 3.63) is 16.9 Å². The van der Waals surface area contributed by atoms with Crippen molar-refractivity contribution < 1.29 is 22.7 Å². The molecule has 0 saturated carbocycles. The van der Waals surface area contributed by atoms with Crippen LogP contribution in [0.1, 0.15) is 17.4 Å². The third kappa shape index (κ3) is 3.07. The van der Waals surface area contributed by atoms with Gasteiger partial charge < -0.3 is 10.5 Å². The number of alkyl halides is 3. The molecule has 5 nitrogen and oxygen atoms in total. The summed E-state index contributed by atoms with van der Waals surface area (Å²) in [7, 11) is 1.41. The fourth-order valence-electron chi connectivity index (χ4n) is 1.31. The molecule has 1 heterocycles. The van der Waals surface area contributed by atoms with Crippen LogP contribution in [0.2, 0.25) is 5.02 Å². The molecular formula is C10H13ClF3N3O2. The lowest BCUT2D eigenvalue weighted by Gasteiger charge is -2.26. The maximum atomic E-state index is 12.7. The molecule has 19 heavy (non-hydrogen) atoms. The number of ether oxygens (including phenoxy) is 1. The molecule has 0 aliphatic rings. The van der Waals surface area contributed by atoms with Crippen LogP contribution in [-0.4, -0.2) is 41.0 Å². The Labute approximate surface area is 112 Å². The van der Waals surface area contributed by atoms with Crippen LogP contribution in [-0.2, 0) is 11.3 Å². The molecule has 1 atom stereocenters. The highest BCUT2D eigenvalue weighted by Crippen LogP contribution is 2.32. The smallest absolute Gasteiger partial charge is 0.383 e. The van der Waals surface area contributed by atoms with E-state index >= 15 is 0 Å². The average molecular weight is 300 g/mol. The molecule has 0 bridgehead atoms. The first-order valence-corrected chi connectivity index (χ1v) is 5.61. The third-order valence-electron chi connectivity index (χ3n) is 2.58. The Morgan fingerprint density at radius 1 is 1.58 bits per heavy atom. The largest absolute Gasteiger partial charge is 0.413 e. The topological polar surface area (TPSA) is 70.1 Å². The molecule has 0 fully saturated rings. The number of aromatic nitrogens is 2. The molecule has 0 amide bonds. The lowest BCUT2D eigenvalue weighted by atomic mass is 9.94. The summed E-state index contributed by atoms with van der Waals surface area (Å²) in [4.78, 5) is 11.9. The first-order valence-electron chi connectivity index (χ1n) is 5.23. The SMILES string of the molecule is COCCn1ncc(Cl)c1C(=O)C(C)(N)C(F)(F)F. The van der Waals surface area contributed by atoms with Crippen LogP contribution in [0.25, 0.3) is 0 Å². The zero-order chi connectivity index (χ0) is 14.8. The predicted molar refractivity (Wildman–Crippen MR) is 62.1 cm³/mol. The Balaban J connectivity index is 3.16. The van der Waals surface area contributed by atoms with Crippen molar-refractivity contribution in [3.63, 3.8) is 0 Å². The average Bonchev–Trinajstić information content (AvgIpc) is 2.65. The summed E-state index contributed by atoms with van der Waals surface area (Å²) < 4.78 is 44.1. The highest BCUT2D eigenvalue weighted by Gasteiger charge is 2.55. The molecule has 1 aromatic heterocycles. The van der Waals surface area contributed by atoms with E-state index in [1.165, 1.54) is 7.11 Å². The van der Waals surface area contributed by atoms with Crippen LogP contribution < -0.4 is 5.73 Å². The number of carbonyl (C=O) groups excluding carboxylic acids is 1. The molecule has 1 rings (SSSR count). The molecule has 0 aliphatic carbocycles. The van der Waals surface area contributed by atoms with Gasteiger partial charge in [0, 0.05) is 7.11 Å². The number of carbonyl (C=O) groups is 1. The van der Waals surface area contributed by atoms with Gasteiger partial charge in [-0.25, -0.2) is 0 Å². The minimum absolute atomic E-state index is 0.0955. The van der Waals surface area contributed by atoms with Crippen molar-refractivity contribution in [2.45, 2.75) is 25.2 Å². The highest BCUT2D eigenvalue weighted by atomic mass is 35.5. The molecule has 0 aliphatic heterocycles. The zero-order valence-corrected chi connectivity index (χ0v) is 11.0. The fourth-order valence-corrected chi connectivity index (χ4v) is 1.54. The van der Waals surface area contributed by atoms with Crippen molar-refractivity contribution in [3.8, 4) is 0 Å². The van der Waals surface area contributed by atoms with Crippen LogP contribution in [0, 0.1) is 0 Å². The molecule has 1 unspecified atom stereocenters. The fraction of sp³-hybridized carbons (Fsp3) is 0.600. The number of methoxy groups -OCH3 is 1. The molecular weight excluding hydrogens is 287 g/mol. The number of ketones is 1. The number of nitrogens with zero attached hydrogens (tertiary/aromatic N) is 2. The van der Waals surface area contributed by atoms with Crippen molar-refractivity contribution >= 4 is 17.4 Å². The van der Waals surface area contributed by atoms with Crippen LogP contribution in [0.3, 0.4) is 0 Å². The molecule has 9 heteroatoms. The molecule has 0 aromatic carbocycles. The zero-order valence-electron chi connectivity index (χ0n) is 10.3. The Bertz CT molecular complexity index is 471. The van der Waals surface area contributed by atoms with Crippen LogP contribution in [0.5, 0.6) is 0 Å². The van der Waals surface area contributed by atoms with Gasteiger partial charge in [0.1, 0.15) is 5.69 Å². The second-order valence-electron chi connectivity index (χ2n) is 4.09. The Morgan fingerprint density at radius 2 is 2.16 bits per heavy atom. The lowest BCUT2D eigenvalue weighted by molar-refractivity contribution is -0.166. The quantitative estimate of drug-likeness (QED) is 0.839. The van der Waals surface area contributed by atoms with Gasteiger partial charge in [-0.3, -0.25) is 9.48 Å². The van der Waals surface area contributed by atoms with Gasteiger partial charge in [-0.2, -0.15) is 18.3 Å².